The predicted molar refractivity (Wildman–Crippen MR) is 115 cm³/mol. The summed E-state index contributed by atoms with van der Waals surface area (Å²) in [6, 6.07) is 9.42. The Balaban J connectivity index is 2.18. The topological polar surface area (TPSA) is 58.6 Å². The highest BCUT2D eigenvalue weighted by Gasteiger charge is 2.26. The molecule has 2 aromatic carbocycles. The highest BCUT2D eigenvalue weighted by atomic mass is 79.9. The summed E-state index contributed by atoms with van der Waals surface area (Å²) in [4.78, 5) is 26.3. The molecule has 0 heterocycles. The van der Waals surface area contributed by atoms with Crippen LogP contribution in [-0.2, 0) is 16.1 Å². The summed E-state index contributed by atoms with van der Waals surface area (Å²) < 4.78 is 6.35. The van der Waals surface area contributed by atoms with Crippen molar-refractivity contribution in [3.8, 4) is 5.75 Å². The third-order valence-electron chi connectivity index (χ3n) is 4.00. The second-order valence-electron chi connectivity index (χ2n) is 5.92. The third kappa shape index (κ3) is 6.01. The highest BCUT2D eigenvalue weighted by Crippen LogP contribution is 2.28. The second kappa shape index (κ2) is 10.3. The largest absolute Gasteiger partial charge is 0.482 e. The van der Waals surface area contributed by atoms with Gasteiger partial charge in [0, 0.05) is 18.1 Å². The van der Waals surface area contributed by atoms with Gasteiger partial charge in [-0.2, -0.15) is 0 Å². The van der Waals surface area contributed by atoms with Crippen LogP contribution in [0.3, 0.4) is 0 Å². The maximum absolute atomic E-state index is 12.8. The van der Waals surface area contributed by atoms with E-state index in [1.807, 2.05) is 0 Å². The van der Waals surface area contributed by atoms with E-state index in [1.54, 1.807) is 43.3 Å². The van der Waals surface area contributed by atoms with E-state index in [0.717, 1.165) is 10.0 Å². The first-order valence-corrected chi connectivity index (χ1v) is 10.2. The van der Waals surface area contributed by atoms with Gasteiger partial charge in [0.25, 0.3) is 5.91 Å². The maximum atomic E-state index is 12.8. The molecule has 9 heteroatoms. The van der Waals surface area contributed by atoms with E-state index in [-0.39, 0.29) is 25.0 Å². The molecular formula is C19H18BrCl3N2O3. The third-order valence-corrected chi connectivity index (χ3v) is 5.52. The quantitative estimate of drug-likeness (QED) is 0.576. The van der Waals surface area contributed by atoms with Crippen LogP contribution in [0, 0.1) is 0 Å². The SMILES string of the molecule is CNC(=O)[C@H](C)N(Cc1ccc(Cl)c(Cl)c1)C(=O)COc1ccc(Br)cc1Cl. The lowest BCUT2D eigenvalue weighted by atomic mass is 10.1. The fourth-order valence-electron chi connectivity index (χ4n) is 2.44. The molecule has 0 bridgehead atoms. The number of likely N-dealkylation sites (N-methyl/N-ethyl adjacent to an activating group) is 1. The molecule has 1 N–H and O–H groups in total. The molecule has 5 nitrogen and oxygen atoms in total. The van der Waals surface area contributed by atoms with E-state index in [9.17, 15) is 9.59 Å². The Morgan fingerprint density at radius 3 is 2.43 bits per heavy atom. The van der Waals surface area contributed by atoms with Crippen LogP contribution in [0.5, 0.6) is 5.75 Å². The second-order valence-corrected chi connectivity index (χ2v) is 8.06. The average molecular weight is 509 g/mol. The minimum Gasteiger partial charge on any atom is -0.482 e. The normalized spacial score (nSPS) is 11.6. The highest BCUT2D eigenvalue weighted by molar-refractivity contribution is 9.10. The number of ether oxygens (including phenoxy) is 1. The van der Waals surface area contributed by atoms with Gasteiger partial charge in [-0.25, -0.2) is 0 Å². The number of benzene rings is 2. The summed E-state index contributed by atoms with van der Waals surface area (Å²) in [7, 11) is 1.51. The Bertz CT molecular complexity index is 879. The Kier molecular flexibility index (Phi) is 8.43. The van der Waals surface area contributed by atoms with E-state index in [2.05, 4.69) is 21.2 Å². The zero-order chi connectivity index (χ0) is 20.8. The van der Waals surface area contributed by atoms with Gasteiger partial charge in [0.15, 0.2) is 6.61 Å². The van der Waals surface area contributed by atoms with Crippen molar-refractivity contribution in [3.63, 3.8) is 0 Å². The minimum absolute atomic E-state index is 0.168. The summed E-state index contributed by atoms with van der Waals surface area (Å²) in [6.45, 7) is 1.53. The van der Waals surface area contributed by atoms with Crippen LogP contribution in [0.4, 0.5) is 0 Å². The lowest BCUT2D eigenvalue weighted by molar-refractivity contribution is -0.142. The van der Waals surface area contributed by atoms with Crippen LogP contribution in [0.1, 0.15) is 12.5 Å². The van der Waals surface area contributed by atoms with Gasteiger partial charge in [-0.15, -0.1) is 0 Å². The molecule has 0 radical (unpaired) electrons. The molecule has 28 heavy (non-hydrogen) atoms. The number of halogens is 4. The molecule has 0 saturated heterocycles. The number of rotatable bonds is 7. The van der Waals surface area contributed by atoms with Crippen molar-refractivity contribution >= 4 is 62.5 Å². The molecule has 2 aromatic rings. The lowest BCUT2D eigenvalue weighted by Crippen LogP contribution is -2.48. The summed E-state index contributed by atoms with van der Waals surface area (Å²) in [5.41, 5.74) is 0.736. The molecule has 1 atom stereocenters. The number of amides is 2. The molecular weight excluding hydrogens is 490 g/mol. The van der Waals surface area contributed by atoms with Crippen LogP contribution in [0.25, 0.3) is 0 Å². The molecule has 0 aliphatic rings. The number of nitrogens with zero attached hydrogens (tertiary/aromatic N) is 1. The summed E-state index contributed by atoms with van der Waals surface area (Å²) >= 11 is 21.4. The van der Waals surface area contributed by atoms with Crippen molar-refractivity contribution in [1.82, 2.24) is 10.2 Å². The number of hydrogen-bond donors (Lipinski definition) is 1. The standard InChI is InChI=1S/C19H18BrCl3N2O3/c1-11(19(27)24-2)25(9-12-3-5-14(21)15(22)7-12)18(26)10-28-17-6-4-13(20)8-16(17)23/h3-8,11H,9-10H2,1-2H3,(H,24,27)/t11-/m0/s1. The van der Waals surface area contributed by atoms with E-state index < -0.39 is 6.04 Å². The Labute approximate surface area is 187 Å². The Hall–Kier alpha value is -1.47. The van der Waals surface area contributed by atoms with Crippen LogP contribution >= 0.6 is 50.7 Å². The molecule has 0 aromatic heterocycles. The van der Waals surface area contributed by atoms with Crippen LogP contribution in [-0.4, -0.2) is 36.4 Å². The average Bonchev–Trinajstić information content (AvgIpc) is 2.66. The van der Waals surface area contributed by atoms with E-state index >= 15 is 0 Å². The summed E-state index contributed by atoms with van der Waals surface area (Å²) in [5, 5.41) is 3.71. The zero-order valence-electron chi connectivity index (χ0n) is 15.1. The van der Waals surface area contributed by atoms with Gasteiger partial charge >= 0.3 is 0 Å². The fourth-order valence-corrected chi connectivity index (χ4v) is 3.49. The van der Waals surface area contributed by atoms with Crippen molar-refractivity contribution < 1.29 is 14.3 Å². The fraction of sp³-hybridized carbons (Fsp3) is 0.263. The van der Waals surface area contributed by atoms with Crippen molar-refractivity contribution in [2.24, 2.45) is 0 Å². The first kappa shape index (κ1) is 22.8. The summed E-state index contributed by atoms with van der Waals surface area (Å²) in [6.07, 6.45) is 0. The van der Waals surface area contributed by atoms with Gasteiger partial charge in [0.2, 0.25) is 5.91 Å². The zero-order valence-corrected chi connectivity index (χ0v) is 19.0. The van der Waals surface area contributed by atoms with Gasteiger partial charge in [0.05, 0.1) is 15.1 Å². The van der Waals surface area contributed by atoms with Gasteiger partial charge in [0.1, 0.15) is 11.8 Å². The van der Waals surface area contributed by atoms with Crippen molar-refractivity contribution in [1.29, 1.82) is 0 Å². The van der Waals surface area contributed by atoms with Gasteiger partial charge < -0.3 is 15.0 Å². The van der Waals surface area contributed by atoms with Crippen LogP contribution in [0.15, 0.2) is 40.9 Å². The number of carbonyl (C=O) groups is 2. The minimum atomic E-state index is -0.712. The van der Waals surface area contributed by atoms with Gasteiger partial charge in [-0.3, -0.25) is 9.59 Å². The van der Waals surface area contributed by atoms with Gasteiger partial charge in [-0.1, -0.05) is 56.8 Å². The maximum Gasteiger partial charge on any atom is 0.261 e. The molecule has 150 valence electrons. The van der Waals surface area contributed by atoms with E-state index in [0.29, 0.717) is 20.8 Å². The van der Waals surface area contributed by atoms with Gasteiger partial charge in [-0.05, 0) is 42.8 Å². The Morgan fingerprint density at radius 2 is 1.82 bits per heavy atom. The predicted octanol–water partition coefficient (Wildman–Crippen LogP) is 4.95. The first-order valence-electron chi connectivity index (χ1n) is 8.25. The monoisotopic (exact) mass is 506 g/mol. The molecule has 0 aliphatic carbocycles. The number of nitrogens with one attached hydrogen (secondary N) is 1. The van der Waals surface area contributed by atoms with Crippen LogP contribution < -0.4 is 10.1 Å². The molecule has 0 aliphatic heterocycles. The van der Waals surface area contributed by atoms with Crippen molar-refractivity contribution in [3.05, 3.63) is 61.5 Å². The van der Waals surface area contributed by atoms with Crippen molar-refractivity contribution in [2.45, 2.75) is 19.5 Å². The Morgan fingerprint density at radius 1 is 1.11 bits per heavy atom. The first-order chi connectivity index (χ1) is 13.2. The van der Waals surface area contributed by atoms with Crippen molar-refractivity contribution in [2.75, 3.05) is 13.7 Å². The molecule has 0 spiro atoms. The number of carbonyl (C=O) groups excluding carboxylic acids is 2. The van der Waals surface area contributed by atoms with E-state index in [4.69, 9.17) is 39.5 Å². The molecule has 2 amide bonds. The summed E-state index contributed by atoms with van der Waals surface area (Å²) in [5.74, 6) is -0.295. The number of hydrogen-bond acceptors (Lipinski definition) is 3. The molecule has 0 saturated carbocycles. The van der Waals surface area contributed by atoms with Crippen LogP contribution in [0.2, 0.25) is 15.1 Å². The molecule has 0 unspecified atom stereocenters. The molecule has 2 rings (SSSR count). The molecule has 0 fully saturated rings. The van der Waals surface area contributed by atoms with E-state index in [1.165, 1.54) is 11.9 Å². The smallest absolute Gasteiger partial charge is 0.261 e. The lowest BCUT2D eigenvalue weighted by Gasteiger charge is -2.28.